The van der Waals surface area contributed by atoms with E-state index < -0.39 is 35.5 Å². The van der Waals surface area contributed by atoms with Crippen molar-refractivity contribution < 1.29 is 28.3 Å². The second-order valence-electron chi connectivity index (χ2n) is 6.05. The van der Waals surface area contributed by atoms with Crippen molar-refractivity contribution in [3.8, 4) is 0 Å². The SMILES string of the molecule is O=C(CCN1C(=O)c2ccccc2C1=O)NC[C@@H](O)c1ccc(F)c(F)c1. The van der Waals surface area contributed by atoms with E-state index in [0.717, 1.165) is 17.0 Å². The third-order valence-electron chi connectivity index (χ3n) is 4.26. The van der Waals surface area contributed by atoms with E-state index in [1.165, 1.54) is 6.07 Å². The van der Waals surface area contributed by atoms with Crippen LogP contribution >= 0.6 is 0 Å². The van der Waals surface area contributed by atoms with E-state index in [9.17, 15) is 28.3 Å². The molecule has 0 spiro atoms. The number of fused-ring (bicyclic) bond motifs is 1. The molecule has 2 aromatic carbocycles. The number of rotatable bonds is 6. The van der Waals surface area contributed by atoms with Gasteiger partial charge in [0.2, 0.25) is 5.91 Å². The molecule has 6 nitrogen and oxygen atoms in total. The number of hydrogen-bond acceptors (Lipinski definition) is 4. The molecule has 0 aromatic heterocycles. The van der Waals surface area contributed by atoms with Crippen LogP contribution in [0.2, 0.25) is 0 Å². The van der Waals surface area contributed by atoms with Crippen LogP contribution in [0.15, 0.2) is 42.5 Å². The van der Waals surface area contributed by atoms with Gasteiger partial charge in [0.1, 0.15) is 0 Å². The van der Waals surface area contributed by atoms with Gasteiger partial charge in [0, 0.05) is 19.5 Å². The summed E-state index contributed by atoms with van der Waals surface area (Å²) in [6.07, 6.45) is -1.36. The molecule has 27 heavy (non-hydrogen) atoms. The highest BCUT2D eigenvalue weighted by molar-refractivity contribution is 6.21. The zero-order chi connectivity index (χ0) is 19.6. The van der Waals surface area contributed by atoms with Crippen molar-refractivity contribution in [2.45, 2.75) is 12.5 Å². The molecule has 0 saturated carbocycles. The minimum absolute atomic E-state index is 0.0978. The normalized spacial score (nSPS) is 14.3. The van der Waals surface area contributed by atoms with Crippen molar-refractivity contribution in [2.75, 3.05) is 13.1 Å². The molecule has 2 N–H and O–H groups in total. The summed E-state index contributed by atoms with van der Waals surface area (Å²) < 4.78 is 26.1. The molecule has 0 fully saturated rings. The first-order valence-electron chi connectivity index (χ1n) is 8.23. The van der Waals surface area contributed by atoms with Crippen LogP contribution in [0.5, 0.6) is 0 Å². The van der Waals surface area contributed by atoms with Gasteiger partial charge in [-0.2, -0.15) is 0 Å². The molecule has 140 valence electrons. The number of hydrogen-bond donors (Lipinski definition) is 2. The van der Waals surface area contributed by atoms with Gasteiger partial charge in [0.15, 0.2) is 11.6 Å². The van der Waals surface area contributed by atoms with Crippen molar-refractivity contribution in [1.29, 1.82) is 0 Å². The average Bonchev–Trinajstić information content (AvgIpc) is 2.91. The van der Waals surface area contributed by atoms with Crippen molar-refractivity contribution in [1.82, 2.24) is 10.2 Å². The number of carbonyl (C=O) groups is 3. The van der Waals surface area contributed by atoms with Gasteiger partial charge in [-0.25, -0.2) is 8.78 Å². The third kappa shape index (κ3) is 3.85. The van der Waals surface area contributed by atoms with Crippen LogP contribution in [0.1, 0.15) is 38.8 Å². The zero-order valence-electron chi connectivity index (χ0n) is 14.1. The monoisotopic (exact) mass is 374 g/mol. The summed E-state index contributed by atoms with van der Waals surface area (Å²) in [5.41, 5.74) is 0.725. The van der Waals surface area contributed by atoms with E-state index in [-0.39, 0.29) is 25.1 Å². The quantitative estimate of drug-likeness (QED) is 0.755. The Hall–Kier alpha value is -3.13. The Morgan fingerprint density at radius 1 is 1.04 bits per heavy atom. The Bertz CT molecular complexity index is 881. The van der Waals surface area contributed by atoms with Gasteiger partial charge in [-0.05, 0) is 29.8 Å². The summed E-state index contributed by atoms with van der Waals surface area (Å²) in [6.45, 7) is -0.314. The van der Waals surface area contributed by atoms with E-state index in [4.69, 9.17) is 0 Å². The number of halogens is 2. The van der Waals surface area contributed by atoms with Crippen molar-refractivity contribution >= 4 is 17.7 Å². The maximum absolute atomic E-state index is 13.2. The molecule has 3 rings (SSSR count). The average molecular weight is 374 g/mol. The Labute approximate surface area is 153 Å². The Morgan fingerprint density at radius 3 is 2.26 bits per heavy atom. The van der Waals surface area contributed by atoms with Crippen LogP contribution in [0.4, 0.5) is 8.78 Å². The van der Waals surface area contributed by atoms with Crippen LogP contribution in [-0.2, 0) is 4.79 Å². The Morgan fingerprint density at radius 2 is 1.67 bits per heavy atom. The minimum atomic E-state index is -1.22. The van der Waals surface area contributed by atoms with E-state index in [0.29, 0.717) is 11.1 Å². The molecule has 0 unspecified atom stereocenters. The van der Waals surface area contributed by atoms with Gasteiger partial charge in [0.25, 0.3) is 11.8 Å². The molecule has 1 aliphatic heterocycles. The van der Waals surface area contributed by atoms with E-state index in [2.05, 4.69) is 5.32 Å². The first-order chi connectivity index (χ1) is 12.9. The lowest BCUT2D eigenvalue weighted by Gasteiger charge is -2.15. The number of nitrogens with one attached hydrogen (secondary N) is 1. The second-order valence-corrected chi connectivity index (χ2v) is 6.05. The Kier molecular flexibility index (Phi) is 5.27. The number of amides is 3. The highest BCUT2D eigenvalue weighted by Gasteiger charge is 2.34. The molecule has 1 heterocycles. The predicted molar refractivity (Wildman–Crippen MR) is 90.8 cm³/mol. The summed E-state index contributed by atoms with van der Waals surface area (Å²) >= 11 is 0. The molecule has 2 aromatic rings. The number of benzene rings is 2. The van der Waals surface area contributed by atoms with E-state index in [1.54, 1.807) is 24.3 Å². The first-order valence-corrected chi connectivity index (χ1v) is 8.23. The van der Waals surface area contributed by atoms with Crippen LogP contribution in [0.3, 0.4) is 0 Å². The van der Waals surface area contributed by atoms with Gasteiger partial charge < -0.3 is 10.4 Å². The fourth-order valence-electron chi connectivity index (χ4n) is 2.79. The summed E-state index contributed by atoms with van der Waals surface area (Å²) in [5, 5.41) is 12.4. The maximum Gasteiger partial charge on any atom is 0.261 e. The highest BCUT2D eigenvalue weighted by atomic mass is 19.2. The van der Waals surface area contributed by atoms with E-state index >= 15 is 0 Å². The van der Waals surface area contributed by atoms with Crippen molar-refractivity contribution in [2.24, 2.45) is 0 Å². The molecular formula is C19H16F2N2O4. The fourth-order valence-corrected chi connectivity index (χ4v) is 2.79. The van der Waals surface area contributed by atoms with Crippen LogP contribution in [-0.4, -0.2) is 40.8 Å². The molecular weight excluding hydrogens is 358 g/mol. The lowest BCUT2D eigenvalue weighted by atomic mass is 10.1. The number of carbonyl (C=O) groups excluding carboxylic acids is 3. The number of aliphatic hydroxyl groups is 1. The minimum Gasteiger partial charge on any atom is -0.387 e. The van der Waals surface area contributed by atoms with Crippen LogP contribution in [0, 0.1) is 11.6 Å². The molecule has 1 aliphatic rings. The van der Waals surface area contributed by atoms with Crippen molar-refractivity contribution in [3.05, 3.63) is 70.8 Å². The third-order valence-corrected chi connectivity index (χ3v) is 4.26. The maximum atomic E-state index is 13.2. The van der Waals surface area contributed by atoms with Gasteiger partial charge in [-0.1, -0.05) is 18.2 Å². The first kappa shape index (κ1) is 18.7. The highest BCUT2D eigenvalue weighted by Crippen LogP contribution is 2.22. The molecule has 0 bridgehead atoms. The van der Waals surface area contributed by atoms with Gasteiger partial charge in [0.05, 0.1) is 17.2 Å². The summed E-state index contributed by atoms with van der Waals surface area (Å²) in [5.74, 6) is -3.52. The van der Waals surface area contributed by atoms with Crippen molar-refractivity contribution in [3.63, 3.8) is 0 Å². The number of aliphatic hydroxyl groups excluding tert-OH is 1. The molecule has 0 radical (unpaired) electrons. The number of nitrogens with zero attached hydrogens (tertiary/aromatic N) is 1. The standard InChI is InChI=1S/C19H16F2N2O4/c20-14-6-5-11(9-15(14)21)16(24)10-22-17(25)7-8-23-18(26)12-3-1-2-4-13(12)19(23)27/h1-6,9,16,24H,7-8,10H2,(H,22,25)/t16-/m1/s1. The van der Waals surface area contributed by atoms with Gasteiger partial charge in [-0.15, -0.1) is 0 Å². The fraction of sp³-hybridized carbons (Fsp3) is 0.211. The van der Waals surface area contributed by atoms with Crippen LogP contribution in [0.25, 0.3) is 0 Å². The smallest absolute Gasteiger partial charge is 0.261 e. The molecule has 8 heteroatoms. The zero-order valence-corrected chi connectivity index (χ0v) is 14.1. The number of imide groups is 1. The van der Waals surface area contributed by atoms with E-state index in [1.807, 2.05) is 0 Å². The lowest BCUT2D eigenvalue weighted by Crippen LogP contribution is -2.35. The lowest BCUT2D eigenvalue weighted by molar-refractivity contribution is -0.121. The molecule has 0 saturated heterocycles. The largest absolute Gasteiger partial charge is 0.387 e. The van der Waals surface area contributed by atoms with Crippen LogP contribution < -0.4 is 5.32 Å². The second kappa shape index (κ2) is 7.63. The molecule has 1 atom stereocenters. The predicted octanol–water partition coefficient (Wildman–Crippen LogP) is 1.80. The van der Waals surface area contributed by atoms with Gasteiger partial charge in [-0.3, -0.25) is 19.3 Å². The molecule has 0 aliphatic carbocycles. The van der Waals surface area contributed by atoms with Gasteiger partial charge >= 0.3 is 0 Å². The molecule has 3 amide bonds. The summed E-state index contributed by atoms with van der Waals surface area (Å²) in [4.78, 5) is 37.3. The topological polar surface area (TPSA) is 86.7 Å². The Balaban J connectivity index is 1.51. The summed E-state index contributed by atoms with van der Waals surface area (Å²) in [7, 11) is 0. The summed E-state index contributed by atoms with van der Waals surface area (Å²) in [6, 6.07) is 9.36.